The van der Waals surface area contributed by atoms with Crippen molar-refractivity contribution in [3.63, 3.8) is 0 Å². The first-order valence-electron chi connectivity index (χ1n) is 8.48. The van der Waals surface area contributed by atoms with Gasteiger partial charge in [-0.2, -0.15) is 15.1 Å². The maximum atomic E-state index is 12.6. The van der Waals surface area contributed by atoms with Gasteiger partial charge in [-0.25, -0.2) is 0 Å². The number of amidine groups is 2. The Labute approximate surface area is 176 Å². The molecule has 0 atom stereocenters. The average Bonchev–Trinajstić information content (AvgIpc) is 3.28. The molecule has 9 heteroatoms. The topological polar surface area (TPSA) is 73.8 Å². The number of rotatable bonds is 3. The Morgan fingerprint density at radius 1 is 1.21 bits per heavy atom. The van der Waals surface area contributed by atoms with Crippen LogP contribution in [0.4, 0.5) is 0 Å². The summed E-state index contributed by atoms with van der Waals surface area (Å²) in [5, 5.41) is 16.4. The number of hydrogen-bond acceptors (Lipinski definition) is 4. The summed E-state index contributed by atoms with van der Waals surface area (Å²) >= 11 is 13.8. The molecule has 142 valence electrons. The molecule has 1 aromatic carbocycles. The van der Waals surface area contributed by atoms with Gasteiger partial charge in [0.2, 0.25) is 5.17 Å². The first-order chi connectivity index (χ1) is 13.4. The molecule has 3 heterocycles. The fourth-order valence-electron chi connectivity index (χ4n) is 2.80. The van der Waals surface area contributed by atoms with Crippen molar-refractivity contribution in [1.82, 2.24) is 9.58 Å². The van der Waals surface area contributed by atoms with Crippen molar-refractivity contribution in [3.8, 4) is 5.69 Å². The van der Waals surface area contributed by atoms with Crippen molar-refractivity contribution in [2.24, 2.45) is 16.0 Å². The van der Waals surface area contributed by atoms with Crippen molar-refractivity contribution in [1.29, 1.82) is 5.41 Å². The first-order valence-corrected chi connectivity index (χ1v) is 10.1. The fourth-order valence-corrected chi connectivity index (χ4v) is 4.08. The van der Waals surface area contributed by atoms with Crippen molar-refractivity contribution in [3.05, 3.63) is 57.8 Å². The van der Waals surface area contributed by atoms with E-state index in [0.717, 1.165) is 5.04 Å². The minimum atomic E-state index is -0.464. The number of fused-ring (bicyclic) bond motifs is 1. The highest BCUT2D eigenvalue weighted by molar-refractivity contribution is 8.27. The molecule has 4 rings (SSSR count). The molecule has 0 spiro atoms. The third-order valence-electron chi connectivity index (χ3n) is 4.23. The molecule has 1 aromatic heterocycles. The van der Waals surface area contributed by atoms with Crippen molar-refractivity contribution in [2.75, 3.05) is 0 Å². The number of carbonyl (C=O) groups excluding carboxylic acids is 1. The number of aliphatic imine (C=N–C) groups is 1. The van der Waals surface area contributed by atoms with Crippen LogP contribution < -0.4 is 0 Å². The largest absolute Gasteiger partial charge is 0.316 e. The lowest BCUT2D eigenvalue weighted by atomic mass is 10.1. The summed E-state index contributed by atoms with van der Waals surface area (Å²) in [6.45, 7) is 4.02. The molecule has 2 aromatic rings. The molecule has 6 nitrogen and oxygen atoms in total. The molecule has 0 radical (unpaired) electrons. The third kappa shape index (κ3) is 3.19. The normalized spacial score (nSPS) is 18.0. The van der Waals surface area contributed by atoms with E-state index in [1.54, 1.807) is 18.2 Å². The standard InChI is InChI=1S/C19H15Cl2N5OS/c1-10(2)18-24-26-16(22)12(17(27)23-19(26)28-18)9-11-5-4-8-25(11)14-7-3-6-13(20)15(14)21/h3-10,22H,1-2H3/b12-9-,22-16?. The van der Waals surface area contributed by atoms with E-state index in [0.29, 0.717) is 26.6 Å². The van der Waals surface area contributed by atoms with Gasteiger partial charge in [-0.1, -0.05) is 43.1 Å². The molecule has 1 amide bonds. The van der Waals surface area contributed by atoms with Crippen LogP contribution in [0.2, 0.25) is 10.0 Å². The second-order valence-corrected chi connectivity index (χ2v) is 8.26. The summed E-state index contributed by atoms with van der Waals surface area (Å²) in [6, 6.07) is 8.99. The number of nitrogens with zero attached hydrogens (tertiary/aromatic N) is 4. The Morgan fingerprint density at radius 3 is 2.75 bits per heavy atom. The second-order valence-electron chi connectivity index (χ2n) is 6.49. The van der Waals surface area contributed by atoms with Crippen molar-refractivity contribution < 1.29 is 4.79 Å². The number of hydrogen-bond donors (Lipinski definition) is 1. The number of aromatic nitrogens is 1. The number of nitrogens with one attached hydrogen (secondary N) is 1. The monoisotopic (exact) mass is 431 g/mol. The van der Waals surface area contributed by atoms with E-state index in [4.69, 9.17) is 28.6 Å². The average molecular weight is 432 g/mol. The number of benzene rings is 1. The van der Waals surface area contributed by atoms with Gasteiger partial charge in [0, 0.05) is 17.8 Å². The molecule has 1 N–H and O–H groups in total. The Hall–Kier alpha value is -2.35. The summed E-state index contributed by atoms with van der Waals surface area (Å²) in [4.78, 5) is 16.7. The summed E-state index contributed by atoms with van der Waals surface area (Å²) in [5.74, 6) is -0.271. The molecule has 0 bridgehead atoms. The summed E-state index contributed by atoms with van der Waals surface area (Å²) in [7, 11) is 0. The highest BCUT2D eigenvalue weighted by Gasteiger charge is 2.36. The van der Waals surface area contributed by atoms with Gasteiger partial charge in [0.15, 0.2) is 5.84 Å². The summed E-state index contributed by atoms with van der Waals surface area (Å²) in [6.07, 6.45) is 3.44. The van der Waals surface area contributed by atoms with Crippen LogP contribution in [0.3, 0.4) is 0 Å². The molecule has 2 aliphatic rings. The number of hydrazone groups is 1. The minimum absolute atomic E-state index is 0.00286. The SMILES string of the molecule is CC(C)C1=NN2C(=N)/C(=C/c3cccn3-c3cccc(Cl)c3Cl)C(=O)N=C2S1. The molecule has 2 aliphatic heterocycles. The number of carbonyl (C=O) groups is 1. The van der Waals surface area contributed by atoms with Crippen molar-refractivity contribution >= 4 is 63.0 Å². The van der Waals surface area contributed by atoms with Crippen molar-refractivity contribution in [2.45, 2.75) is 13.8 Å². The van der Waals surface area contributed by atoms with Crippen LogP contribution in [-0.2, 0) is 4.79 Å². The van der Waals surface area contributed by atoms with E-state index in [2.05, 4.69) is 10.1 Å². The summed E-state index contributed by atoms with van der Waals surface area (Å²) < 4.78 is 1.81. The quantitative estimate of drug-likeness (QED) is 0.689. The number of thioether (sulfide) groups is 1. The minimum Gasteiger partial charge on any atom is -0.316 e. The Morgan fingerprint density at radius 2 is 2.00 bits per heavy atom. The highest BCUT2D eigenvalue weighted by Crippen LogP contribution is 2.32. The molecular formula is C19H15Cl2N5OS. The van der Waals surface area contributed by atoms with Crippen LogP contribution in [0.15, 0.2) is 52.2 Å². The lowest BCUT2D eigenvalue weighted by Crippen LogP contribution is -2.35. The van der Waals surface area contributed by atoms with Gasteiger partial charge >= 0.3 is 0 Å². The fraction of sp³-hybridized carbons (Fsp3) is 0.158. The van der Waals surface area contributed by atoms with Crippen LogP contribution in [-0.4, -0.2) is 31.5 Å². The molecule has 0 saturated heterocycles. The molecule has 0 unspecified atom stereocenters. The van der Waals surface area contributed by atoms with E-state index in [-0.39, 0.29) is 17.3 Å². The van der Waals surface area contributed by atoms with E-state index >= 15 is 0 Å². The zero-order chi connectivity index (χ0) is 20.0. The lowest BCUT2D eigenvalue weighted by molar-refractivity contribution is -0.114. The summed E-state index contributed by atoms with van der Waals surface area (Å²) in [5.41, 5.74) is 1.52. The van der Waals surface area contributed by atoms with Gasteiger partial charge in [0.25, 0.3) is 5.91 Å². The zero-order valence-electron chi connectivity index (χ0n) is 15.0. The van der Waals surface area contributed by atoms with Gasteiger partial charge in [-0.15, -0.1) is 0 Å². The Balaban J connectivity index is 1.76. The van der Waals surface area contributed by atoms with Crippen LogP contribution in [0.25, 0.3) is 11.8 Å². The molecule has 0 saturated carbocycles. The van der Waals surface area contributed by atoms with Gasteiger partial charge in [-0.05, 0) is 42.1 Å². The Kier molecular flexibility index (Phi) is 4.91. The highest BCUT2D eigenvalue weighted by atomic mass is 35.5. The predicted molar refractivity (Wildman–Crippen MR) is 116 cm³/mol. The predicted octanol–water partition coefficient (Wildman–Crippen LogP) is 5.06. The van der Waals surface area contributed by atoms with Crippen LogP contribution in [0, 0.1) is 11.3 Å². The maximum absolute atomic E-state index is 12.6. The van der Waals surface area contributed by atoms with Gasteiger partial charge < -0.3 is 4.57 Å². The van der Waals surface area contributed by atoms with E-state index < -0.39 is 5.91 Å². The van der Waals surface area contributed by atoms with Crippen LogP contribution in [0.5, 0.6) is 0 Å². The number of amides is 1. The van der Waals surface area contributed by atoms with Gasteiger partial charge in [0.05, 0.1) is 21.3 Å². The van der Waals surface area contributed by atoms with Gasteiger partial charge in [-0.3, -0.25) is 10.2 Å². The molecule has 0 aliphatic carbocycles. The Bertz CT molecular complexity index is 1100. The lowest BCUT2D eigenvalue weighted by Gasteiger charge is -2.20. The smallest absolute Gasteiger partial charge is 0.283 e. The van der Waals surface area contributed by atoms with E-state index in [1.165, 1.54) is 16.8 Å². The third-order valence-corrected chi connectivity index (χ3v) is 6.25. The number of halogens is 2. The second kappa shape index (κ2) is 7.24. The molecular weight excluding hydrogens is 417 g/mol. The molecule has 0 fully saturated rings. The van der Waals surface area contributed by atoms with Crippen LogP contribution in [0.1, 0.15) is 19.5 Å². The van der Waals surface area contributed by atoms with Crippen LogP contribution >= 0.6 is 35.0 Å². The van der Waals surface area contributed by atoms with E-state index in [1.807, 2.05) is 42.8 Å². The van der Waals surface area contributed by atoms with E-state index in [9.17, 15) is 4.79 Å². The molecule has 28 heavy (non-hydrogen) atoms. The zero-order valence-corrected chi connectivity index (χ0v) is 17.3. The first kappa shape index (κ1) is 19.0. The van der Waals surface area contributed by atoms with Gasteiger partial charge in [0.1, 0.15) is 5.04 Å². The maximum Gasteiger partial charge on any atom is 0.283 e.